The summed E-state index contributed by atoms with van der Waals surface area (Å²) >= 11 is 1.86. The van der Waals surface area contributed by atoms with Crippen LogP contribution in [0.4, 0.5) is 0 Å². The summed E-state index contributed by atoms with van der Waals surface area (Å²) in [4.78, 5) is 18.1. The van der Waals surface area contributed by atoms with Crippen LogP contribution in [-0.2, 0) is 11.3 Å². The second-order valence-corrected chi connectivity index (χ2v) is 7.26. The topological polar surface area (TPSA) is 23.6 Å². The lowest BCUT2D eigenvalue weighted by Crippen LogP contribution is -2.37. The molecule has 1 fully saturated rings. The summed E-state index contributed by atoms with van der Waals surface area (Å²) in [6.07, 6.45) is 1.05. The number of thioether (sulfide) groups is 1. The Kier molecular flexibility index (Phi) is 6.33. The zero-order valence-electron chi connectivity index (χ0n) is 13.9. The first-order valence-electron chi connectivity index (χ1n) is 8.53. The molecular weight excluding hydrogens is 316 g/mol. The molecule has 0 N–H and O–H groups in total. The van der Waals surface area contributed by atoms with Crippen LogP contribution in [0.15, 0.2) is 65.6 Å². The maximum absolute atomic E-state index is 12.5. The van der Waals surface area contributed by atoms with Gasteiger partial charge in [0.1, 0.15) is 0 Å². The molecule has 1 amide bonds. The van der Waals surface area contributed by atoms with E-state index in [4.69, 9.17) is 0 Å². The van der Waals surface area contributed by atoms with Crippen molar-refractivity contribution in [3.63, 3.8) is 0 Å². The predicted molar refractivity (Wildman–Crippen MR) is 100 cm³/mol. The minimum Gasteiger partial charge on any atom is -0.337 e. The number of hydrogen-bond donors (Lipinski definition) is 0. The Labute approximate surface area is 148 Å². The minimum absolute atomic E-state index is 0.251. The Hall–Kier alpha value is -1.78. The van der Waals surface area contributed by atoms with Crippen molar-refractivity contribution in [3.8, 4) is 0 Å². The molecule has 1 heterocycles. The van der Waals surface area contributed by atoms with Crippen LogP contribution in [0.1, 0.15) is 12.0 Å². The molecule has 0 bridgehead atoms. The molecule has 0 radical (unpaired) electrons. The van der Waals surface area contributed by atoms with Crippen LogP contribution in [-0.4, -0.2) is 47.6 Å². The van der Waals surface area contributed by atoms with Crippen molar-refractivity contribution in [2.45, 2.75) is 17.9 Å². The molecular formula is C20H24N2OS. The average molecular weight is 340 g/mol. The van der Waals surface area contributed by atoms with Crippen LogP contribution in [0.3, 0.4) is 0 Å². The van der Waals surface area contributed by atoms with Crippen LogP contribution in [0, 0.1) is 0 Å². The van der Waals surface area contributed by atoms with Gasteiger partial charge in [0.15, 0.2) is 0 Å². The van der Waals surface area contributed by atoms with Gasteiger partial charge in [0.2, 0.25) is 5.91 Å². The summed E-state index contributed by atoms with van der Waals surface area (Å²) in [5.41, 5.74) is 1.21. The molecule has 1 aliphatic heterocycles. The van der Waals surface area contributed by atoms with Crippen LogP contribution in [0.5, 0.6) is 0 Å². The van der Waals surface area contributed by atoms with Crippen molar-refractivity contribution >= 4 is 17.7 Å². The maximum atomic E-state index is 12.5. The number of hydrogen-bond acceptors (Lipinski definition) is 3. The summed E-state index contributed by atoms with van der Waals surface area (Å²) in [7, 11) is 0. The number of carbonyl (C=O) groups is 1. The van der Waals surface area contributed by atoms with Gasteiger partial charge >= 0.3 is 0 Å². The predicted octanol–water partition coefficient (Wildman–Crippen LogP) is 3.51. The highest BCUT2D eigenvalue weighted by Crippen LogP contribution is 2.17. The molecule has 3 nitrogen and oxygen atoms in total. The van der Waals surface area contributed by atoms with Crippen molar-refractivity contribution in [3.05, 3.63) is 66.2 Å². The molecule has 2 aromatic carbocycles. The summed E-state index contributed by atoms with van der Waals surface area (Å²) in [6.45, 7) is 4.10. The Bertz CT molecular complexity index is 633. The third-order valence-corrected chi connectivity index (χ3v) is 5.24. The van der Waals surface area contributed by atoms with Crippen molar-refractivity contribution in [2.24, 2.45) is 0 Å². The average Bonchev–Trinajstić information content (AvgIpc) is 2.78. The molecule has 126 valence electrons. The van der Waals surface area contributed by atoms with Gasteiger partial charge in [-0.15, -0.1) is 11.8 Å². The molecule has 1 aliphatic rings. The fourth-order valence-corrected chi connectivity index (χ4v) is 3.89. The summed E-state index contributed by atoms with van der Waals surface area (Å²) in [6, 6.07) is 20.7. The number of carbonyl (C=O) groups excluding carboxylic acids is 1. The Balaban J connectivity index is 1.47. The molecule has 2 aromatic rings. The van der Waals surface area contributed by atoms with Gasteiger partial charge in [-0.25, -0.2) is 0 Å². The molecule has 0 atom stereocenters. The first-order chi connectivity index (χ1) is 11.8. The third kappa shape index (κ3) is 5.11. The summed E-state index contributed by atoms with van der Waals surface area (Å²) in [5, 5.41) is 0. The summed E-state index contributed by atoms with van der Waals surface area (Å²) < 4.78 is 0. The molecule has 4 heteroatoms. The highest BCUT2D eigenvalue weighted by molar-refractivity contribution is 7.99. The molecule has 3 rings (SSSR count). The lowest BCUT2D eigenvalue weighted by Gasteiger charge is -2.21. The molecule has 24 heavy (non-hydrogen) atoms. The Morgan fingerprint density at radius 3 is 2.38 bits per heavy atom. The van der Waals surface area contributed by atoms with E-state index in [1.54, 1.807) is 0 Å². The third-order valence-electron chi connectivity index (χ3n) is 4.25. The second kappa shape index (κ2) is 8.90. The van der Waals surface area contributed by atoms with Crippen molar-refractivity contribution in [1.29, 1.82) is 0 Å². The van der Waals surface area contributed by atoms with Gasteiger partial charge in [0, 0.05) is 36.8 Å². The fraction of sp³-hybridized carbons (Fsp3) is 0.350. The lowest BCUT2D eigenvalue weighted by atomic mass is 10.2. The van der Waals surface area contributed by atoms with Gasteiger partial charge in [-0.05, 0) is 24.1 Å². The van der Waals surface area contributed by atoms with Crippen LogP contribution >= 0.6 is 11.8 Å². The van der Waals surface area contributed by atoms with Crippen molar-refractivity contribution < 1.29 is 4.79 Å². The van der Waals surface area contributed by atoms with Crippen LogP contribution in [0.2, 0.25) is 0 Å². The number of nitrogens with zero attached hydrogens (tertiary/aromatic N) is 2. The van der Waals surface area contributed by atoms with Crippen molar-refractivity contribution in [2.75, 3.05) is 31.9 Å². The minimum atomic E-state index is 0.251. The standard InChI is InChI=1S/C20H24N2OS/c23-20-17-21(14-15-24-19-10-5-2-6-11-19)12-7-13-22(20)16-18-8-3-1-4-9-18/h1-6,8-11H,7,12-17H2. The number of amides is 1. The van der Waals surface area contributed by atoms with Gasteiger partial charge in [-0.2, -0.15) is 0 Å². The zero-order valence-corrected chi connectivity index (χ0v) is 14.8. The van der Waals surface area contributed by atoms with E-state index in [1.807, 2.05) is 40.9 Å². The van der Waals surface area contributed by atoms with E-state index in [0.29, 0.717) is 6.54 Å². The summed E-state index contributed by atoms with van der Waals surface area (Å²) in [5.74, 6) is 1.27. The van der Waals surface area contributed by atoms with E-state index in [2.05, 4.69) is 41.3 Å². The highest BCUT2D eigenvalue weighted by atomic mass is 32.2. The smallest absolute Gasteiger partial charge is 0.237 e. The maximum Gasteiger partial charge on any atom is 0.237 e. The number of rotatable bonds is 6. The molecule has 1 saturated heterocycles. The van der Waals surface area contributed by atoms with E-state index in [1.165, 1.54) is 10.5 Å². The first kappa shape index (κ1) is 17.1. The SMILES string of the molecule is O=C1CN(CCSc2ccccc2)CCCN1Cc1ccccc1. The van der Waals surface area contributed by atoms with Crippen LogP contribution < -0.4 is 0 Å². The van der Waals surface area contributed by atoms with Gasteiger partial charge < -0.3 is 4.90 Å². The largest absolute Gasteiger partial charge is 0.337 e. The Morgan fingerprint density at radius 1 is 0.917 bits per heavy atom. The second-order valence-electron chi connectivity index (χ2n) is 6.09. The normalized spacial score (nSPS) is 16.2. The van der Waals surface area contributed by atoms with Gasteiger partial charge in [0.05, 0.1) is 6.54 Å². The van der Waals surface area contributed by atoms with Crippen LogP contribution in [0.25, 0.3) is 0 Å². The van der Waals surface area contributed by atoms with Gasteiger partial charge in [0.25, 0.3) is 0 Å². The Morgan fingerprint density at radius 2 is 1.62 bits per heavy atom. The molecule has 0 saturated carbocycles. The zero-order chi connectivity index (χ0) is 16.6. The van der Waals surface area contributed by atoms with E-state index >= 15 is 0 Å². The lowest BCUT2D eigenvalue weighted by molar-refractivity contribution is -0.131. The molecule has 0 aliphatic carbocycles. The van der Waals surface area contributed by atoms with Crippen molar-refractivity contribution in [1.82, 2.24) is 9.80 Å². The molecule has 0 unspecified atom stereocenters. The molecule has 0 aromatic heterocycles. The first-order valence-corrected chi connectivity index (χ1v) is 9.52. The van der Waals surface area contributed by atoms with E-state index in [0.717, 1.165) is 38.4 Å². The van der Waals surface area contributed by atoms with E-state index in [-0.39, 0.29) is 5.91 Å². The quantitative estimate of drug-likeness (QED) is 0.752. The monoisotopic (exact) mass is 340 g/mol. The molecule has 0 spiro atoms. The van der Waals surface area contributed by atoms with Gasteiger partial charge in [-0.1, -0.05) is 48.5 Å². The highest BCUT2D eigenvalue weighted by Gasteiger charge is 2.21. The van der Waals surface area contributed by atoms with E-state index < -0.39 is 0 Å². The number of benzene rings is 2. The van der Waals surface area contributed by atoms with E-state index in [9.17, 15) is 4.79 Å². The fourth-order valence-electron chi connectivity index (χ4n) is 2.95. The van der Waals surface area contributed by atoms with Gasteiger partial charge in [-0.3, -0.25) is 9.69 Å².